The molecule has 0 unspecified atom stereocenters. The number of ether oxygens (including phenoxy) is 1. The lowest BCUT2D eigenvalue weighted by Gasteiger charge is -2.24. The van der Waals surface area contributed by atoms with Crippen molar-refractivity contribution in [3.63, 3.8) is 0 Å². The maximum absolute atomic E-state index is 12.9. The zero-order chi connectivity index (χ0) is 22.0. The summed E-state index contributed by atoms with van der Waals surface area (Å²) in [5.74, 6) is -1.01. The van der Waals surface area contributed by atoms with Crippen LogP contribution in [0, 0.1) is 11.8 Å². The van der Waals surface area contributed by atoms with Gasteiger partial charge in [-0.25, -0.2) is 17.9 Å². The fourth-order valence-corrected chi connectivity index (χ4v) is 4.28. The number of nitrogens with one attached hydrogen (secondary N) is 2. The van der Waals surface area contributed by atoms with Gasteiger partial charge in [-0.2, -0.15) is 0 Å². The molecule has 0 spiro atoms. The van der Waals surface area contributed by atoms with Gasteiger partial charge < -0.3 is 10.1 Å². The molecule has 0 saturated heterocycles. The minimum atomic E-state index is -3.74. The van der Waals surface area contributed by atoms with Crippen molar-refractivity contribution in [1.82, 2.24) is 10.0 Å². The summed E-state index contributed by atoms with van der Waals surface area (Å²) < 4.78 is 32.8. The summed E-state index contributed by atoms with van der Waals surface area (Å²) in [5.41, 5.74) is 0.632. The van der Waals surface area contributed by atoms with E-state index in [2.05, 4.69) is 10.0 Å². The summed E-state index contributed by atoms with van der Waals surface area (Å²) in [6.45, 7) is 9.60. The molecule has 29 heavy (non-hydrogen) atoms. The number of hydrogen-bond donors (Lipinski definition) is 2. The molecule has 2 atom stereocenters. The monoisotopic (exact) mass is 426 g/mol. The van der Waals surface area contributed by atoms with E-state index in [1.807, 2.05) is 33.8 Å². The van der Waals surface area contributed by atoms with Gasteiger partial charge in [0.05, 0.1) is 12.4 Å². The standard InChI is InChI=1S/C21H34N2O5S/c1-6-28-21(25)19(13-16(4)5)22-20(24)18(12-15(2)3)23-29(26,27)14-17-10-8-7-9-11-17/h7-11,15-16,18-19,23H,6,12-14H2,1-5H3,(H,22,24)/t18-,19+/m0/s1. The summed E-state index contributed by atoms with van der Waals surface area (Å²) in [5, 5.41) is 2.68. The number of carbonyl (C=O) groups is 2. The van der Waals surface area contributed by atoms with Gasteiger partial charge in [0.1, 0.15) is 12.1 Å². The third-order valence-electron chi connectivity index (χ3n) is 4.14. The fraction of sp³-hybridized carbons (Fsp3) is 0.619. The van der Waals surface area contributed by atoms with Crippen LogP contribution in [0.2, 0.25) is 0 Å². The zero-order valence-electron chi connectivity index (χ0n) is 18.0. The Balaban J connectivity index is 2.94. The molecule has 0 radical (unpaired) electrons. The van der Waals surface area contributed by atoms with E-state index in [0.717, 1.165) is 0 Å². The Morgan fingerprint density at radius 1 is 0.966 bits per heavy atom. The Bertz CT molecular complexity index is 748. The van der Waals surface area contributed by atoms with Gasteiger partial charge in [0.25, 0.3) is 0 Å². The fourth-order valence-electron chi connectivity index (χ4n) is 2.93. The Morgan fingerprint density at radius 3 is 2.03 bits per heavy atom. The molecule has 0 bridgehead atoms. The van der Waals surface area contributed by atoms with Gasteiger partial charge >= 0.3 is 5.97 Å². The molecule has 0 aliphatic rings. The van der Waals surface area contributed by atoms with Crippen molar-refractivity contribution >= 4 is 21.9 Å². The Labute approximate surface area is 174 Å². The van der Waals surface area contributed by atoms with Crippen molar-refractivity contribution in [3.05, 3.63) is 35.9 Å². The number of esters is 1. The van der Waals surface area contributed by atoms with Crippen molar-refractivity contribution in [1.29, 1.82) is 0 Å². The van der Waals surface area contributed by atoms with Crippen LogP contribution < -0.4 is 10.0 Å². The highest BCUT2D eigenvalue weighted by atomic mass is 32.2. The van der Waals surface area contributed by atoms with Crippen molar-refractivity contribution in [2.45, 2.75) is 65.3 Å². The van der Waals surface area contributed by atoms with E-state index in [1.165, 1.54) is 0 Å². The largest absolute Gasteiger partial charge is 0.464 e. The first-order chi connectivity index (χ1) is 13.5. The second-order valence-electron chi connectivity index (χ2n) is 7.99. The van der Waals surface area contributed by atoms with Gasteiger partial charge in [-0.3, -0.25) is 4.79 Å². The number of sulfonamides is 1. The van der Waals surface area contributed by atoms with Gasteiger partial charge in [-0.15, -0.1) is 0 Å². The second kappa shape index (κ2) is 11.9. The summed E-state index contributed by atoms with van der Waals surface area (Å²) >= 11 is 0. The van der Waals surface area contributed by atoms with Crippen LogP contribution in [0.5, 0.6) is 0 Å². The van der Waals surface area contributed by atoms with Gasteiger partial charge in [0.2, 0.25) is 15.9 Å². The molecule has 1 aromatic carbocycles. The van der Waals surface area contributed by atoms with E-state index in [9.17, 15) is 18.0 Å². The molecule has 0 aliphatic carbocycles. The molecule has 0 heterocycles. The minimum Gasteiger partial charge on any atom is -0.464 e. The predicted molar refractivity (Wildman–Crippen MR) is 113 cm³/mol. The van der Waals surface area contributed by atoms with E-state index in [4.69, 9.17) is 4.74 Å². The van der Waals surface area contributed by atoms with E-state index in [1.54, 1.807) is 31.2 Å². The predicted octanol–water partition coefficient (Wildman–Crippen LogP) is 2.61. The van der Waals surface area contributed by atoms with Crippen molar-refractivity contribution in [3.8, 4) is 0 Å². The lowest BCUT2D eigenvalue weighted by molar-refractivity contribution is -0.148. The van der Waals surface area contributed by atoms with Gasteiger partial charge in [-0.1, -0.05) is 58.0 Å². The summed E-state index contributed by atoms with van der Waals surface area (Å²) in [7, 11) is -3.74. The maximum atomic E-state index is 12.9. The average Bonchev–Trinajstić information content (AvgIpc) is 2.60. The molecule has 7 nitrogen and oxygen atoms in total. The SMILES string of the molecule is CCOC(=O)[C@@H](CC(C)C)NC(=O)[C@H](CC(C)C)NS(=O)(=O)Cc1ccccc1. The number of hydrogen-bond acceptors (Lipinski definition) is 5. The van der Waals surface area contributed by atoms with Crippen LogP contribution in [-0.2, 0) is 30.1 Å². The van der Waals surface area contributed by atoms with Crippen LogP contribution >= 0.6 is 0 Å². The molecule has 164 valence electrons. The molecule has 1 amide bonds. The highest BCUT2D eigenvalue weighted by Crippen LogP contribution is 2.12. The molecular formula is C21H34N2O5S. The lowest BCUT2D eigenvalue weighted by atomic mass is 10.0. The van der Waals surface area contributed by atoms with Crippen LogP contribution in [-0.4, -0.2) is 39.0 Å². The van der Waals surface area contributed by atoms with Crippen LogP contribution in [0.15, 0.2) is 30.3 Å². The third-order valence-corrected chi connectivity index (χ3v) is 5.50. The van der Waals surface area contributed by atoms with E-state index in [0.29, 0.717) is 18.4 Å². The van der Waals surface area contributed by atoms with Gasteiger partial charge in [-0.05, 0) is 37.2 Å². The number of rotatable bonds is 12. The average molecular weight is 427 g/mol. The molecule has 1 aromatic rings. The molecule has 0 fully saturated rings. The van der Waals surface area contributed by atoms with Crippen LogP contribution in [0.25, 0.3) is 0 Å². The van der Waals surface area contributed by atoms with Crippen LogP contribution in [0.1, 0.15) is 53.0 Å². The topological polar surface area (TPSA) is 102 Å². The maximum Gasteiger partial charge on any atom is 0.328 e. The first kappa shape index (κ1) is 25.1. The Kier molecular flexibility index (Phi) is 10.3. The van der Waals surface area contributed by atoms with E-state index < -0.39 is 34.0 Å². The molecule has 2 N–H and O–H groups in total. The first-order valence-corrected chi connectivity index (χ1v) is 11.7. The molecule has 0 saturated carbocycles. The molecule has 8 heteroatoms. The molecular weight excluding hydrogens is 392 g/mol. The molecule has 0 aliphatic heterocycles. The molecule has 1 rings (SSSR count). The van der Waals surface area contributed by atoms with Crippen molar-refractivity contribution < 1.29 is 22.7 Å². The lowest BCUT2D eigenvalue weighted by Crippen LogP contribution is -2.52. The van der Waals surface area contributed by atoms with Crippen LogP contribution in [0.3, 0.4) is 0 Å². The Hall–Kier alpha value is -1.93. The van der Waals surface area contributed by atoms with Gasteiger partial charge in [0, 0.05) is 0 Å². The van der Waals surface area contributed by atoms with E-state index >= 15 is 0 Å². The number of benzene rings is 1. The zero-order valence-corrected chi connectivity index (χ0v) is 18.8. The minimum absolute atomic E-state index is 0.0799. The first-order valence-electron chi connectivity index (χ1n) is 10.0. The highest BCUT2D eigenvalue weighted by molar-refractivity contribution is 7.88. The highest BCUT2D eigenvalue weighted by Gasteiger charge is 2.30. The number of carbonyl (C=O) groups excluding carboxylic acids is 2. The van der Waals surface area contributed by atoms with Crippen molar-refractivity contribution in [2.24, 2.45) is 11.8 Å². The van der Waals surface area contributed by atoms with Gasteiger partial charge in [0.15, 0.2) is 0 Å². The summed E-state index contributed by atoms with van der Waals surface area (Å²) in [4.78, 5) is 25.1. The third kappa shape index (κ3) is 9.89. The quantitative estimate of drug-likeness (QED) is 0.500. The second-order valence-corrected chi connectivity index (χ2v) is 9.74. The number of amides is 1. The van der Waals surface area contributed by atoms with E-state index in [-0.39, 0.29) is 24.2 Å². The Morgan fingerprint density at radius 2 is 1.52 bits per heavy atom. The van der Waals surface area contributed by atoms with Crippen molar-refractivity contribution in [2.75, 3.05) is 6.61 Å². The smallest absolute Gasteiger partial charge is 0.328 e. The molecule has 0 aromatic heterocycles. The normalized spacial score (nSPS) is 13.9. The summed E-state index contributed by atoms with van der Waals surface area (Å²) in [6, 6.07) is 7.00. The summed E-state index contributed by atoms with van der Waals surface area (Å²) in [6.07, 6.45) is 0.729. The van der Waals surface area contributed by atoms with Crippen LogP contribution in [0.4, 0.5) is 0 Å².